The molecule has 1 aromatic heterocycles. The molecule has 1 aromatic carbocycles. The van der Waals surface area contributed by atoms with E-state index in [0.717, 1.165) is 41.6 Å². The van der Waals surface area contributed by atoms with E-state index in [0.29, 0.717) is 13.1 Å². The number of hydrogen-bond donors (Lipinski definition) is 1. The first-order chi connectivity index (χ1) is 20.9. The number of phenols is 1. The summed E-state index contributed by atoms with van der Waals surface area (Å²) >= 11 is 0. The largest absolute Gasteiger partial charge is 0.507 e. The minimum Gasteiger partial charge on any atom is -0.507 e. The van der Waals surface area contributed by atoms with Crippen molar-refractivity contribution in [3.63, 3.8) is 0 Å². The van der Waals surface area contributed by atoms with Crippen LogP contribution in [-0.2, 0) is 30.5 Å². The zero-order valence-corrected chi connectivity index (χ0v) is 32.9. The summed E-state index contributed by atoms with van der Waals surface area (Å²) in [5.41, 5.74) is 0.144. The zero-order valence-electron chi connectivity index (χ0n) is 30.9. The lowest BCUT2D eigenvalue weighted by molar-refractivity contribution is 0.421. The molecule has 0 amide bonds. The fourth-order valence-corrected chi connectivity index (χ4v) is 14.0. The van der Waals surface area contributed by atoms with Crippen LogP contribution in [0.15, 0.2) is 26.5 Å². The summed E-state index contributed by atoms with van der Waals surface area (Å²) in [6, 6.07) is 13.2. The molecular weight excluding hydrogens is 595 g/mol. The molecule has 256 valence electrons. The Hall–Kier alpha value is -2.14. The molecule has 9 heteroatoms. The first kappa shape index (κ1) is 39.0. The number of aromatic nitrogens is 3. The van der Waals surface area contributed by atoms with Gasteiger partial charge in [-0.15, -0.1) is 0 Å². The van der Waals surface area contributed by atoms with E-state index in [-0.39, 0.29) is 23.1 Å². The Bertz CT molecular complexity index is 1330. The molecule has 7 nitrogen and oxygen atoms in total. The van der Waals surface area contributed by atoms with Crippen molar-refractivity contribution in [3.05, 3.63) is 60.3 Å². The van der Waals surface area contributed by atoms with Gasteiger partial charge in [-0.05, 0) is 52.5 Å². The number of hydrogen-bond acceptors (Lipinski definition) is 4. The van der Waals surface area contributed by atoms with Gasteiger partial charge in [0, 0.05) is 13.1 Å². The van der Waals surface area contributed by atoms with Gasteiger partial charge in [0.1, 0.15) is 5.75 Å². The van der Waals surface area contributed by atoms with E-state index in [2.05, 4.69) is 83.1 Å². The highest BCUT2D eigenvalue weighted by Gasteiger charge is 2.29. The Morgan fingerprint density at radius 2 is 0.889 bits per heavy atom. The third-order valence-corrected chi connectivity index (χ3v) is 23.0. The molecule has 1 N–H and O–H groups in total. The molecule has 45 heavy (non-hydrogen) atoms. The number of phenolic OH excluding ortho intramolecular Hbond substituents is 1. The van der Waals surface area contributed by atoms with Gasteiger partial charge in [-0.25, -0.2) is 28.1 Å². The third-order valence-electron chi connectivity index (χ3n) is 11.2. The van der Waals surface area contributed by atoms with Gasteiger partial charge in [0.05, 0.1) is 22.7 Å². The van der Waals surface area contributed by atoms with Crippen LogP contribution >= 0.6 is 0 Å². The number of rotatable bonds is 16. The lowest BCUT2D eigenvalue weighted by Crippen LogP contribution is -2.55. The van der Waals surface area contributed by atoms with Gasteiger partial charge in [0.15, 0.2) is 0 Å². The van der Waals surface area contributed by atoms with E-state index in [1.165, 1.54) is 50.0 Å². The summed E-state index contributed by atoms with van der Waals surface area (Å²) in [6.45, 7) is 26.7. The van der Waals surface area contributed by atoms with Crippen molar-refractivity contribution in [2.75, 3.05) is 0 Å². The van der Waals surface area contributed by atoms with E-state index in [1.807, 2.05) is 12.1 Å². The molecule has 0 aliphatic heterocycles. The molecule has 0 unspecified atom stereocenters. The topological polar surface area (TPSA) is 86.2 Å². The van der Waals surface area contributed by atoms with Crippen LogP contribution in [0.25, 0.3) is 0 Å². The van der Waals surface area contributed by atoms with Crippen LogP contribution in [0.5, 0.6) is 5.75 Å². The molecule has 0 spiro atoms. The predicted molar refractivity (Wildman–Crippen MR) is 197 cm³/mol. The van der Waals surface area contributed by atoms with E-state index >= 15 is 0 Å². The van der Waals surface area contributed by atoms with Crippen LogP contribution in [0.3, 0.4) is 0 Å². The van der Waals surface area contributed by atoms with E-state index < -0.39 is 33.2 Å². The fraction of sp³-hybridized carbons (Fsp3) is 0.750. The lowest BCUT2D eigenvalue weighted by atomic mass is 9.78. The van der Waals surface area contributed by atoms with Gasteiger partial charge in [0.2, 0.25) is 0 Å². The average Bonchev–Trinajstić information content (AvgIpc) is 2.99. The van der Waals surface area contributed by atoms with Crippen LogP contribution in [0, 0.1) is 0 Å². The maximum absolute atomic E-state index is 14.0. The van der Waals surface area contributed by atoms with Crippen molar-refractivity contribution in [1.29, 1.82) is 0 Å². The number of benzene rings is 1. The summed E-state index contributed by atoms with van der Waals surface area (Å²) in [7, 11) is -2.85. The molecule has 0 bridgehead atoms. The molecule has 1 heterocycles. The quantitative estimate of drug-likeness (QED) is 0.184. The normalized spacial score (nSPS) is 13.1. The first-order valence-corrected chi connectivity index (χ1v) is 23.4. The van der Waals surface area contributed by atoms with Crippen LogP contribution in [0.2, 0.25) is 48.4 Å². The van der Waals surface area contributed by atoms with Crippen LogP contribution in [0.4, 0.5) is 0 Å². The average molecular weight is 660 g/mol. The fourth-order valence-electron chi connectivity index (χ4n) is 7.10. The summed E-state index contributed by atoms with van der Waals surface area (Å²) in [5.74, 6) is 0.263. The highest BCUT2D eigenvalue weighted by molar-refractivity contribution is 6.80. The third kappa shape index (κ3) is 9.02. The van der Waals surface area contributed by atoms with Crippen molar-refractivity contribution in [2.45, 2.75) is 175 Å². The summed E-state index contributed by atoms with van der Waals surface area (Å²) in [5, 5.41) is 11.3. The molecule has 0 saturated heterocycles. The summed E-state index contributed by atoms with van der Waals surface area (Å²) < 4.78 is 3.93. The molecular formula is C36H65N3O4Si2. The van der Waals surface area contributed by atoms with Crippen LogP contribution in [-0.4, -0.2) is 35.0 Å². The van der Waals surface area contributed by atoms with Crippen molar-refractivity contribution < 1.29 is 5.11 Å². The summed E-state index contributed by atoms with van der Waals surface area (Å²) in [6.07, 6.45) is 1.54. The maximum atomic E-state index is 14.0. The second-order valence-electron chi connectivity index (χ2n) is 15.6. The van der Waals surface area contributed by atoms with Crippen molar-refractivity contribution in [1.82, 2.24) is 13.7 Å². The summed E-state index contributed by atoms with van der Waals surface area (Å²) in [4.78, 5) is 41.9. The van der Waals surface area contributed by atoms with Gasteiger partial charge in [-0.1, -0.05) is 131 Å². The van der Waals surface area contributed by atoms with Gasteiger partial charge >= 0.3 is 17.1 Å². The number of nitrogens with zero attached hydrogens (tertiary/aromatic N) is 3. The van der Waals surface area contributed by atoms with Gasteiger partial charge in [-0.3, -0.25) is 0 Å². The van der Waals surface area contributed by atoms with Gasteiger partial charge < -0.3 is 5.11 Å². The Balaban J connectivity index is 2.71. The highest BCUT2D eigenvalue weighted by atomic mass is 28.3. The van der Waals surface area contributed by atoms with Crippen molar-refractivity contribution >= 4 is 16.1 Å². The molecule has 0 atom stereocenters. The monoisotopic (exact) mass is 659 g/mol. The Morgan fingerprint density at radius 1 is 0.578 bits per heavy atom. The Labute approximate surface area is 275 Å². The van der Waals surface area contributed by atoms with E-state index in [4.69, 9.17) is 0 Å². The minimum absolute atomic E-state index is 0.0551. The van der Waals surface area contributed by atoms with Crippen LogP contribution in [0.1, 0.15) is 113 Å². The van der Waals surface area contributed by atoms with E-state index in [9.17, 15) is 19.5 Å². The standard InChI is InChI=1S/C36H65N3O4Si2/c1-13-44(14-2,15-3)23-19-21-37-32(41)38(22-20-24-45(16-4,17-5)18-6)34(43)39(33(37)42)27-28-25-29(35(7,8)9)31(40)30(26-28)36(10,11)12/h25-26,40H,13-24,27H2,1-12H3. The SMILES string of the molecule is CC[Si](CC)(CC)CCCn1c(=O)n(CCC[Si](CC)(CC)CC)c(=O)n(Cc2cc(C(C)(C)C)c(O)c(C(C)(C)C)c2)c1=O. The molecule has 0 aliphatic carbocycles. The van der Waals surface area contributed by atoms with Crippen LogP contribution < -0.4 is 17.1 Å². The molecule has 0 saturated carbocycles. The van der Waals surface area contributed by atoms with Crippen molar-refractivity contribution in [3.8, 4) is 5.75 Å². The smallest absolute Gasteiger partial charge is 0.336 e. The first-order valence-electron chi connectivity index (χ1n) is 17.7. The minimum atomic E-state index is -1.43. The Morgan fingerprint density at radius 3 is 1.18 bits per heavy atom. The predicted octanol–water partition coefficient (Wildman–Crippen LogP) is 8.32. The number of aromatic hydroxyl groups is 1. The second kappa shape index (κ2) is 15.6. The molecule has 2 rings (SSSR count). The van der Waals surface area contributed by atoms with Crippen molar-refractivity contribution in [2.24, 2.45) is 0 Å². The molecule has 0 aliphatic rings. The second-order valence-corrected chi connectivity index (χ2v) is 26.8. The highest BCUT2D eigenvalue weighted by Crippen LogP contribution is 2.40. The van der Waals surface area contributed by atoms with Gasteiger partial charge in [0.25, 0.3) is 0 Å². The molecule has 2 aromatic rings. The Kier molecular flexibility index (Phi) is 13.6. The maximum Gasteiger partial charge on any atom is 0.336 e. The molecule has 0 fully saturated rings. The van der Waals surface area contributed by atoms with Gasteiger partial charge in [-0.2, -0.15) is 0 Å². The zero-order chi connectivity index (χ0) is 34.4. The molecule has 0 radical (unpaired) electrons. The van der Waals surface area contributed by atoms with E-state index in [1.54, 1.807) is 0 Å². The lowest BCUT2D eigenvalue weighted by Gasteiger charge is -2.29.